The molecule has 1 aliphatic carbocycles. The van der Waals surface area contributed by atoms with Crippen LogP contribution in [-0.2, 0) is 4.74 Å². The van der Waals surface area contributed by atoms with E-state index < -0.39 is 0 Å². The first-order valence-corrected chi connectivity index (χ1v) is 6.69. The predicted molar refractivity (Wildman–Crippen MR) is 72.9 cm³/mol. The predicted octanol–water partition coefficient (Wildman–Crippen LogP) is 2.89. The van der Waals surface area contributed by atoms with Gasteiger partial charge in [0, 0.05) is 31.3 Å². The largest absolute Gasteiger partial charge is 0.376 e. The van der Waals surface area contributed by atoms with Crippen molar-refractivity contribution in [2.45, 2.75) is 51.6 Å². The summed E-state index contributed by atoms with van der Waals surface area (Å²) in [5.41, 5.74) is 1.04. The highest BCUT2D eigenvalue weighted by Crippen LogP contribution is 2.35. The molecule has 4 heteroatoms. The number of aromatic nitrogens is 2. The van der Waals surface area contributed by atoms with Crippen LogP contribution in [0.25, 0.3) is 0 Å². The van der Waals surface area contributed by atoms with Crippen molar-refractivity contribution < 1.29 is 4.74 Å². The third-order valence-corrected chi connectivity index (χ3v) is 3.68. The third kappa shape index (κ3) is 2.80. The van der Waals surface area contributed by atoms with Gasteiger partial charge in [0.05, 0.1) is 5.60 Å². The smallest absolute Gasteiger partial charge is 0.133 e. The van der Waals surface area contributed by atoms with Gasteiger partial charge in [0.25, 0.3) is 0 Å². The van der Waals surface area contributed by atoms with Crippen LogP contribution in [0.2, 0.25) is 0 Å². The van der Waals surface area contributed by atoms with Crippen LogP contribution in [-0.4, -0.2) is 29.2 Å². The van der Waals surface area contributed by atoms with Crippen LogP contribution < -0.4 is 5.32 Å². The molecule has 2 rings (SSSR count). The highest BCUT2D eigenvalue weighted by molar-refractivity contribution is 5.37. The summed E-state index contributed by atoms with van der Waals surface area (Å²) in [6, 6.07) is 1.99. The fourth-order valence-electron chi connectivity index (χ4n) is 2.22. The Hall–Kier alpha value is -1.16. The topological polar surface area (TPSA) is 47.0 Å². The minimum absolute atomic E-state index is 0.0247. The van der Waals surface area contributed by atoms with E-state index in [1.54, 1.807) is 7.11 Å². The molecule has 1 N–H and O–H groups in total. The molecule has 18 heavy (non-hydrogen) atoms. The van der Waals surface area contributed by atoms with E-state index in [0.717, 1.165) is 36.7 Å². The van der Waals surface area contributed by atoms with E-state index in [0.29, 0.717) is 5.92 Å². The first-order chi connectivity index (χ1) is 8.54. The van der Waals surface area contributed by atoms with Crippen LogP contribution in [0, 0.1) is 6.92 Å². The van der Waals surface area contributed by atoms with Crippen molar-refractivity contribution in [3.63, 3.8) is 0 Å². The number of nitrogens with zero attached hydrogens (tertiary/aromatic N) is 2. The fraction of sp³-hybridized carbons (Fsp3) is 0.714. The van der Waals surface area contributed by atoms with Crippen LogP contribution >= 0.6 is 0 Å². The molecule has 4 nitrogen and oxygen atoms in total. The zero-order chi connectivity index (χ0) is 13.2. The van der Waals surface area contributed by atoms with Gasteiger partial charge in [0.15, 0.2) is 0 Å². The Morgan fingerprint density at radius 2 is 2.11 bits per heavy atom. The second kappa shape index (κ2) is 5.22. The number of nitrogens with one attached hydrogen (secondary N) is 1. The molecule has 0 saturated heterocycles. The van der Waals surface area contributed by atoms with Crippen molar-refractivity contribution in [3.05, 3.63) is 17.6 Å². The van der Waals surface area contributed by atoms with Crippen LogP contribution in [0.1, 0.15) is 50.5 Å². The zero-order valence-electron chi connectivity index (χ0n) is 11.8. The maximum Gasteiger partial charge on any atom is 0.133 e. The summed E-state index contributed by atoms with van der Waals surface area (Å²) in [4.78, 5) is 9.00. The van der Waals surface area contributed by atoms with E-state index in [-0.39, 0.29) is 5.60 Å². The Morgan fingerprint density at radius 1 is 1.39 bits per heavy atom. The number of ether oxygens (including phenoxy) is 1. The van der Waals surface area contributed by atoms with Gasteiger partial charge in [0.2, 0.25) is 0 Å². The lowest BCUT2D eigenvalue weighted by Gasteiger charge is -2.40. The summed E-state index contributed by atoms with van der Waals surface area (Å²) >= 11 is 0. The second-order valence-corrected chi connectivity index (χ2v) is 5.50. The van der Waals surface area contributed by atoms with E-state index in [9.17, 15) is 0 Å². The normalized spacial score (nSPS) is 17.6. The van der Waals surface area contributed by atoms with E-state index in [1.807, 2.05) is 13.0 Å². The molecular formula is C14H23N3O. The molecule has 1 fully saturated rings. The number of anilines is 1. The average Bonchev–Trinajstić information content (AvgIpc) is 2.27. The van der Waals surface area contributed by atoms with Crippen molar-refractivity contribution in [2.75, 3.05) is 19.0 Å². The molecule has 1 heterocycles. The maximum atomic E-state index is 5.60. The number of hydrogen-bond acceptors (Lipinski definition) is 4. The zero-order valence-corrected chi connectivity index (χ0v) is 11.8. The van der Waals surface area contributed by atoms with Crippen molar-refractivity contribution in [3.8, 4) is 0 Å². The van der Waals surface area contributed by atoms with Crippen molar-refractivity contribution >= 4 is 5.82 Å². The Morgan fingerprint density at radius 3 is 2.61 bits per heavy atom. The lowest BCUT2D eigenvalue weighted by atomic mass is 9.80. The maximum absolute atomic E-state index is 5.60. The molecule has 0 atom stereocenters. The van der Waals surface area contributed by atoms with E-state index in [4.69, 9.17) is 4.74 Å². The molecule has 1 aliphatic rings. The van der Waals surface area contributed by atoms with Crippen LogP contribution in [0.3, 0.4) is 0 Å². The molecular weight excluding hydrogens is 226 g/mol. The first-order valence-electron chi connectivity index (χ1n) is 6.69. The molecule has 1 aromatic rings. The highest BCUT2D eigenvalue weighted by atomic mass is 16.5. The van der Waals surface area contributed by atoms with E-state index in [1.165, 1.54) is 6.42 Å². The quantitative estimate of drug-likeness (QED) is 0.871. The minimum atomic E-state index is 0.0247. The summed E-state index contributed by atoms with van der Waals surface area (Å²) in [7, 11) is 1.80. The summed E-state index contributed by atoms with van der Waals surface area (Å²) in [6.07, 6.45) is 3.53. The fourth-order valence-corrected chi connectivity index (χ4v) is 2.22. The monoisotopic (exact) mass is 249 g/mol. The molecule has 0 spiro atoms. The van der Waals surface area contributed by atoms with Crippen molar-refractivity contribution in [2.24, 2.45) is 0 Å². The van der Waals surface area contributed by atoms with Gasteiger partial charge in [-0.1, -0.05) is 13.8 Å². The highest BCUT2D eigenvalue weighted by Gasteiger charge is 2.36. The second-order valence-electron chi connectivity index (χ2n) is 5.50. The third-order valence-electron chi connectivity index (χ3n) is 3.68. The molecule has 1 saturated carbocycles. The number of aryl methyl sites for hydroxylation is 1. The Kier molecular flexibility index (Phi) is 3.85. The van der Waals surface area contributed by atoms with Crippen molar-refractivity contribution in [1.82, 2.24) is 9.97 Å². The molecule has 100 valence electrons. The Balaban J connectivity index is 2.05. The number of rotatable bonds is 5. The minimum Gasteiger partial charge on any atom is -0.376 e. The van der Waals surface area contributed by atoms with Crippen LogP contribution in [0.15, 0.2) is 6.07 Å². The first kappa shape index (κ1) is 13.3. The van der Waals surface area contributed by atoms with Crippen LogP contribution in [0.5, 0.6) is 0 Å². The molecule has 0 aromatic carbocycles. The standard InChI is InChI=1S/C14H23N3O/c1-10(2)13-16-11(3)8-12(17-13)15-9-14(18-4)6-5-7-14/h8,10H,5-7,9H2,1-4H3,(H,15,16,17). The lowest BCUT2D eigenvalue weighted by molar-refractivity contribution is -0.0601. The molecule has 0 amide bonds. The molecule has 0 unspecified atom stereocenters. The van der Waals surface area contributed by atoms with Gasteiger partial charge in [-0.15, -0.1) is 0 Å². The number of hydrogen-bond donors (Lipinski definition) is 1. The van der Waals surface area contributed by atoms with E-state index in [2.05, 4.69) is 29.1 Å². The van der Waals surface area contributed by atoms with E-state index >= 15 is 0 Å². The van der Waals surface area contributed by atoms with Crippen molar-refractivity contribution in [1.29, 1.82) is 0 Å². The van der Waals surface area contributed by atoms with Gasteiger partial charge in [-0.3, -0.25) is 0 Å². The SMILES string of the molecule is COC1(CNc2cc(C)nc(C(C)C)n2)CCC1. The summed E-state index contributed by atoms with van der Waals surface area (Å²) in [6.45, 7) is 7.06. The molecule has 0 aliphatic heterocycles. The van der Waals surface area contributed by atoms with Gasteiger partial charge in [-0.05, 0) is 26.2 Å². The summed E-state index contributed by atoms with van der Waals surface area (Å²) < 4.78 is 5.60. The van der Waals surface area contributed by atoms with Gasteiger partial charge in [0.1, 0.15) is 11.6 Å². The molecule has 1 aromatic heterocycles. The lowest BCUT2D eigenvalue weighted by Crippen LogP contribution is -2.45. The summed E-state index contributed by atoms with van der Waals surface area (Å²) in [5.74, 6) is 2.16. The molecule has 0 radical (unpaired) electrons. The summed E-state index contributed by atoms with van der Waals surface area (Å²) in [5, 5.41) is 3.40. The van der Waals surface area contributed by atoms with Gasteiger partial charge in [-0.25, -0.2) is 9.97 Å². The van der Waals surface area contributed by atoms with Crippen LogP contribution in [0.4, 0.5) is 5.82 Å². The van der Waals surface area contributed by atoms with Gasteiger partial charge in [-0.2, -0.15) is 0 Å². The number of methoxy groups -OCH3 is 1. The van der Waals surface area contributed by atoms with Gasteiger partial charge >= 0.3 is 0 Å². The Bertz CT molecular complexity index is 408. The Labute approximate surface area is 109 Å². The average molecular weight is 249 g/mol. The van der Waals surface area contributed by atoms with Gasteiger partial charge < -0.3 is 10.1 Å². The molecule has 0 bridgehead atoms.